The molecule has 7 nitrogen and oxygen atoms in total. The van der Waals surface area contributed by atoms with Crippen molar-refractivity contribution in [1.29, 1.82) is 0 Å². The summed E-state index contributed by atoms with van der Waals surface area (Å²) >= 11 is 1.43. The Morgan fingerprint density at radius 2 is 1.81 bits per heavy atom. The molecule has 0 radical (unpaired) electrons. The zero-order chi connectivity index (χ0) is 22.2. The lowest BCUT2D eigenvalue weighted by molar-refractivity contribution is -0.113. The number of carbonyl (C=O) groups is 2. The van der Waals surface area contributed by atoms with E-state index >= 15 is 0 Å². The summed E-state index contributed by atoms with van der Waals surface area (Å²) in [5.74, 6) is -0.207. The fraction of sp³-hybridized carbons (Fsp3) is 0.217. The number of hydrogen-bond donors (Lipinski definition) is 1. The lowest BCUT2D eigenvalue weighted by atomic mass is 10.2. The number of anilines is 1. The number of esters is 1. The van der Waals surface area contributed by atoms with E-state index in [1.165, 1.54) is 17.8 Å². The van der Waals surface area contributed by atoms with E-state index in [0.717, 1.165) is 15.8 Å². The van der Waals surface area contributed by atoms with Crippen molar-refractivity contribution in [3.05, 3.63) is 87.8 Å². The van der Waals surface area contributed by atoms with Crippen molar-refractivity contribution >= 4 is 29.3 Å². The molecule has 0 aliphatic rings. The number of aryl methyl sites for hydroxylation is 1. The zero-order valence-electron chi connectivity index (χ0n) is 17.3. The lowest BCUT2D eigenvalue weighted by Crippen LogP contribution is -2.27. The Kier molecular flexibility index (Phi) is 7.61. The maximum atomic E-state index is 12.6. The van der Waals surface area contributed by atoms with Crippen molar-refractivity contribution in [3.63, 3.8) is 0 Å². The molecule has 0 spiro atoms. The molecular weight excluding hydrogens is 414 g/mol. The molecule has 160 valence electrons. The maximum absolute atomic E-state index is 12.6. The molecule has 0 saturated heterocycles. The van der Waals surface area contributed by atoms with Gasteiger partial charge in [0.1, 0.15) is 0 Å². The van der Waals surface area contributed by atoms with Crippen LogP contribution in [0.15, 0.2) is 65.5 Å². The van der Waals surface area contributed by atoms with Gasteiger partial charge in [0.2, 0.25) is 5.91 Å². The van der Waals surface area contributed by atoms with E-state index in [0.29, 0.717) is 11.4 Å². The third kappa shape index (κ3) is 6.05. The zero-order valence-corrected chi connectivity index (χ0v) is 18.1. The summed E-state index contributed by atoms with van der Waals surface area (Å²) in [6.45, 7) is 3.75. The number of carbonyl (C=O) groups excluding carboxylic acids is 2. The van der Waals surface area contributed by atoms with Crippen molar-refractivity contribution in [2.75, 3.05) is 17.7 Å². The van der Waals surface area contributed by atoms with Crippen molar-refractivity contribution in [2.45, 2.75) is 19.6 Å². The Morgan fingerprint density at radius 1 is 1.10 bits per heavy atom. The highest BCUT2D eigenvalue weighted by Crippen LogP contribution is 2.16. The molecule has 1 aromatic heterocycles. The fourth-order valence-corrected chi connectivity index (χ4v) is 3.58. The van der Waals surface area contributed by atoms with Crippen LogP contribution in [0, 0.1) is 6.92 Å². The molecule has 3 aromatic rings. The molecule has 0 atom stereocenters. The van der Waals surface area contributed by atoms with E-state index < -0.39 is 11.5 Å². The first-order valence-corrected chi connectivity index (χ1v) is 10.9. The molecule has 31 heavy (non-hydrogen) atoms. The second kappa shape index (κ2) is 10.6. The van der Waals surface area contributed by atoms with Gasteiger partial charge in [-0.3, -0.25) is 9.59 Å². The fourth-order valence-electron chi connectivity index (χ4n) is 2.79. The third-order valence-corrected chi connectivity index (χ3v) is 5.30. The van der Waals surface area contributed by atoms with E-state index in [1.54, 1.807) is 19.1 Å². The summed E-state index contributed by atoms with van der Waals surface area (Å²) < 4.78 is 6.18. The van der Waals surface area contributed by atoms with Gasteiger partial charge in [0, 0.05) is 11.8 Å². The van der Waals surface area contributed by atoms with Gasteiger partial charge >= 0.3 is 5.97 Å². The monoisotopic (exact) mass is 437 g/mol. The number of hydrogen-bond acceptors (Lipinski definition) is 6. The van der Waals surface area contributed by atoms with Crippen LogP contribution >= 0.6 is 11.8 Å². The van der Waals surface area contributed by atoms with Crippen LogP contribution in [0.2, 0.25) is 0 Å². The first kappa shape index (κ1) is 22.3. The van der Waals surface area contributed by atoms with Gasteiger partial charge in [0.25, 0.3) is 5.56 Å². The van der Waals surface area contributed by atoms with Crippen LogP contribution in [0.1, 0.15) is 28.5 Å². The number of amides is 1. The highest BCUT2D eigenvalue weighted by atomic mass is 32.2. The second-order valence-corrected chi connectivity index (χ2v) is 7.72. The maximum Gasteiger partial charge on any atom is 0.360 e. The number of ether oxygens (including phenoxy) is 1. The molecule has 1 amide bonds. The largest absolute Gasteiger partial charge is 0.461 e. The van der Waals surface area contributed by atoms with E-state index in [4.69, 9.17) is 4.74 Å². The Bertz CT molecular complexity index is 1110. The minimum atomic E-state index is -0.712. The van der Waals surface area contributed by atoms with Crippen molar-refractivity contribution < 1.29 is 14.3 Å². The molecule has 3 rings (SSSR count). The van der Waals surface area contributed by atoms with Crippen molar-refractivity contribution in [1.82, 2.24) is 9.78 Å². The minimum absolute atomic E-state index is 0.0390. The van der Waals surface area contributed by atoms with Crippen LogP contribution in [0.25, 0.3) is 5.69 Å². The van der Waals surface area contributed by atoms with Crippen LogP contribution in [0.4, 0.5) is 5.69 Å². The molecule has 0 unspecified atom stereocenters. The predicted octanol–water partition coefficient (Wildman–Crippen LogP) is 3.59. The molecule has 0 aliphatic heterocycles. The molecule has 1 heterocycles. The number of aromatic nitrogens is 2. The van der Waals surface area contributed by atoms with Crippen LogP contribution in [0.5, 0.6) is 0 Å². The molecule has 0 fully saturated rings. The van der Waals surface area contributed by atoms with Gasteiger partial charge in [-0.25, -0.2) is 4.79 Å². The standard InChI is InChI=1S/C23H23N3O4S/c1-3-30-23(29)22-19(24-20(27)15-31-14-17-7-5-4-6-8-17)13-21(28)26(25-22)18-11-9-16(2)10-12-18/h4-13H,3,14-15H2,1-2H3,(H,24,27). The Morgan fingerprint density at radius 3 is 2.48 bits per heavy atom. The lowest BCUT2D eigenvalue weighted by Gasteiger charge is -2.12. The van der Waals surface area contributed by atoms with E-state index in [1.807, 2.05) is 49.4 Å². The quantitative estimate of drug-likeness (QED) is 0.542. The van der Waals surface area contributed by atoms with Crippen molar-refractivity contribution in [2.24, 2.45) is 0 Å². The van der Waals surface area contributed by atoms with E-state index in [9.17, 15) is 14.4 Å². The Balaban J connectivity index is 1.80. The first-order valence-electron chi connectivity index (χ1n) is 9.78. The molecule has 0 bridgehead atoms. The molecule has 8 heteroatoms. The number of rotatable bonds is 8. The van der Waals surface area contributed by atoms with Gasteiger partial charge in [0.05, 0.1) is 23.7 Å². The van der Waals surface area contributed by atoms with Crippen molar-refractivity contribution in [3.8, 4) is 5.69 Å². The topological polar surface area (TPSA) is 90.3 Å². The third-order valence-electron chi connectivity index (χ3n) is 4.30. The van der Waals surface area contributed by atoms with E-state index in [2.05, 4.69) is 10.4 Å². The summed E-state index contributed by atoms with van der Waals surface area (Å²) in [5, 5.41) is 6.81. The van der Waals surface area contributed by atoms with E-state index in [-0.39, 0.29) is 29.6 Å². The second-order valence-electron chi connectivity index (χ2n) is 6.74. The summed E-state index contributed by atoms with van der Waals surface area (Å²) in [7, 11) is 0. The predicted molar refractivity (Wildman–Crippen MR) is 122 cm³/mol. The van der Waals surface area contributed by atoms with Crippen LogP contribution < -0.4 is 10.9 Å². The van der Waals surface area contributed by atoms with Crippen LogP contribution in [-0.4, -0.2) is 34.0 Å². The Hall–Kier alpha value is -3.39. The van der Waals surface area contributed by atoms with Gasteiger partial charge in [-0.15, -0.1) is 11.8 Å². The first-order chi connectivity index (χ1) is 15.0. The van der Waals surface area contributed by atoms with Gasteiger partial charge in [-0.1, -0.05) is 48.0 Å². The summed E-state index contributed by atoms with van der Waals surface area (Å²) in [4.78, 5) is 37.5. The summed E-state index contributed by atoms with van der Waals surface area (Å²) in [6, 6.07) is 18.1. The van der Waals surface area contributed by atoms with Gasteiger partial charge < -0.3 is 10.1 Å². The van der Waals surface area contributed by atoms with Crippen LogP contribution in [-0.2, 0) is 15.3 Å². The average Bonchev–Trinajstić information content (AvgIpc) is 2.75. The minimum Gasteiger partial charge on any atom is -0.461 e. The van der Waals surface area contributed by atoms with Gasteiger partial charge in [0.15, 0.2) is 5.69 Å². The summed E-state index contributed by atoms with van der Waals surface area (Å²) in [6.07, 6.45) is 0. The molecule has 0 saturated carbocycles. The highest BCUT2D eigenvalue weighted by Gasteiger charge is 2.20. The molecular formula is C23H23N3O4S. The molecule has 0 aliphatic carbocycles. The molecule has 1 N–H and O–H groups in total. The Labute approximate surface area is 184 Å². The number of benzene rings is 2. The highest BCUT2D eigenvalue weighted by molar-refractivity contribution is 7.99. The van der Waals surface area contributed by atoms with Gasteiger partial charge in [-0.05, 0) is 31.5 Å². The normalized spacial score (nSPS) is 10.5. The summed E-state index contributed by atoms with van der Waals surface area (Å²) in [5.41, 5.74) is 2.09. The molecule has 2 aromatic carbocycles. The SMILES string of the molecule is CCOC(=O)c1nn(-c2ccc(C)cc2)c(=O)cc1NC(=O)CSCc1ccccc1. The number of nitrogens with one attached hydrogen (secondary N) is 1. The number of nitrogens with zero attached hydrogens (tertiary/aromatic N) is 2. The number of thioether (sulfide) groups is 1. The van der Waals surface area contributed by atoms with Gasteiger partial charge in [-0.2, -0.15) is 9.78 Å². The van der Waals surface area contributed by atoms with Crippen LogP contribution in [0.3, 0.4) is 0 Å². The average molecular weight is 438 g/mol. The smallest absolute Gasteiger partial charge is 0.360 e.